The maximum Gasteiger partial charge on any atom is 0.289 e. The quantitative estimate of drug-likeness (QED) is 0.610. The second-order valence-electron chi connectivity index (χ2n) is 4.30. The second kappa shape index (κ2) is 6.61. The van der Waals surface area contributed by atoms with E-state index in [0.717, 1.165) is 10.4 Å². The lowest BCUT2D eigenvalue weighted by Crippen LogP contribution is -2.39. The molecule has 0 aromatic heterocycles. The van der Waals surface area contributed by atoms with Crippen molar-refractivity contribution >= 4 is 31.6 Å². The maximum atomic E-state index is 12.5. The van der Waals surface area contributed by atoms with E-state index in [2.05, 4.69) is 15.9 Å². The fourth-order valence-corrected chi connectivity index (χ4v) is 4.05. The van der Waals surface area contributed by atoms with Crippen molar-refractivity contribution in [2.45, 2.75) is 24.8 Å². The van der Waals surface area contributed by atoms with Crippen molar-refractivity contribution in [2.75, 3.05) is 13.2 Å². The van der Waals surface area contributed by atoms with Crippen molar-refractivity contribution < 1.29 is 18.4 Å². The number of nitro groups is 1. The summed E-state index contributed by atoms with van der Waals surface area (Å²) in [5, 5.41) is 20.0. The summed E-state index contributed by atoms with van der Waals surface area (Å²) in [5.74, 6) is 0. The van der Waals surface area contributed by atoms with Gasteiger partial charge in [-0.2, -0.15) is 4.31 Å². The summed E-state index contributed by atoms with van der Waals surface area (Å²) < 4.78 is 26.5. The third-order valence-corrected chi connectivity index (χ3v) is 5.20. The molecule has 1 N–H and O–H groups in total. The molecule has 9 heteroatoms. The number of aliphatic hydroxyl groups excluding tert-OH is 1. The van der Waals surface area contributed by atoms with Crippen LogP contribution < -0.4 is 0 Å². The van der Waals surface area contributed by atoms with Crippen LogP contribution in [0.3, 0.4) is 0 Å². The van der Waals surface area contributed by atoms with Crippen LogP contribution in [0, 0.1) is 10.1 Å². The van der Waals surface area contributed by atoms with Crippen molar-refractivity contribution in [1.82, 2.24) is 4.31 Å². The highest BCUT2D eigenvalue weighted by molar-refractivity contribution is 9.10. The number of halogens is 1. The Labute approximate surface area is 125 Å². The van der Waals surface area contributed by atoms with Crippen molar-refractivity contribution in [2.24, 2.45) is 0 Å². The normalized spacial score (nSPS) is 12.1. The molecule has 0 heterocycles. The standard InChI is InChI=1S/C11H15BrN2O5S/c1-8(2)13(5-6-15)20(18,19)11-7-9(12)3-4-10(11)14(16)17/h3-4,7-8,15H,5-6H2,1-2H3. The third kappa shape index (κ3) is 3.54. The van der Waals surface area contributed by atoms with Crippen LogP contribution in [0.2, 0.25) is 0 Å². The van der Waals surface area contributed by atoms with E-state index >= 15 is 0 Å². The van der Waals surface area contributed by atoms with Crippen LogP contribution in [-0.4, -0.2) is 41.9 Å². The lowest BCUT2D eigenvalue weighted by Gasteiger charge is -2.24. The Balaban J connectivity index is 3.47. The Bertz CT molecular complexity index is 603. The number of nitrogens with zero attached hydrogens (tertiary/aromatic N) is 2. The molecule has 112 valence electrons. The molecule has 0 amide bonds. The predicted octanol–water partition coefficient (Wildman–Crippen LogP) is 1.75. The average molecular weight is 367 g/mol. The number of rotatable bonds is 6. The lowest BCUT2D eigenvalue weighted by molar-refractivity contribution is -0.387. The third-order valence-electron chi connectivity index (χ3n) is 2.60. The molecule has 0 aliphatic carbocycles. The Morgan fingerprint density at radius 1 is 1.45 bits per heavy atom. The Morgan fingerprint density at radius 3 is 2.50 bits per heavy atom. The first-order chi connectivity index (χ1) is 9.21. The maximum absolute atomic E-state index is 12.5. The van der Waals surface area contributed by atoms with Crippen molar-refractivity contribution in [3.05, 3.63) is 32.8 Å². The van der Waals surface area contributed by atoms with E-state index in [-0.39, 0.29) is 18.0 Å². The van der Waals surface area contributed by atoms with Gasteiger partial charge in [-0.05, 0) is 26.0 Å². The monoisotopic (exact) mass is 366 g/mol. The smallest absolute Gasteiger partial charge is 0.289 e. The van der Waals surface area contributed by atoms with Crippen LogP contribution in [0.4, 0.5) is 5.69 Å². The molecular weight excluding hydrogens is 352 g/mol. The number of aliphatic hydroxyl groups is 1. The summed E-state index contributed by atoms with van der Waals surface area (Å²) >= 11 is 3.11. The highest BCUT2D eigenvalue weighted by Crippen LogP contribution is 2.30. The number of nitro benzene ring substituents is 1. The zero-order valence-electron chi connectivity index (χ0n) is 11.0. The van der Waals surface area contributed by atoms with Gasteiger partial charge < -0.3 is 5.11 Å². The topological polar surface area (TPSA) is 101 Å². The Kier molecular flexibility index (Phi) is 5.63. The number of benzene rings is 1. The Hall–Kier alpha value is -1.03. The average Bonchev–Trinajstić information content (AvgIpc) is 2.34. The van der Waals surface area contributed by atoms with Gasteiger partial charge in [0.15, 0.2) is 4.90 Å². The molecule has 0 saturated heterocycles. The van der Waals surface area contributed by atoms with Crippen molar-refractivity contribution in [1.29, 1.82) is 0 Å². The molecular formula is C11H15BrN2O5S. The number of hydrogen-bond acceptors (Lipinski definition) is 5. The van der Waals surface area contributed by atoms with Gasteiger partial charge in [-0.25, -0.2) is 8.42 Å². The molecule has 0 bridgehead atoms. The fraction of sp³-hybridized carbons (Fsp3) is 0.455. The summed E-state index contributed by atoms with van der Waals surface area (Å²) in [7, 11) is -4.06. The first-order valence-electron chi connectivity index (χ1n) is 5.78. The minimum Gasteiger partial charge on any atom is -0.395 e. The molecule has 0 aliphatic heterocycles. The molecule has 0 aliphatic rings. The lowest BCUT2D eigenvalue weighted by atomic mass is 10.3. The first-order valence-corrected chi connectivity index (χ1v) is 8.01. The van der Waals surface area contributed by atoms with Gasteiger partial charge in [-0.15, -0.1) is 0 Å². The van der Waals surface area contributed by atoms with E-state index in [9.17, 15) is 18.5 Å². The van der Waals surface area contributed by atoms with Crippen LogP contribution in [0.25, 0.3) is 0 Å². The van der Waals surface area contributed by atoms with Crippen LogP contribution in [-0.2, 0) is 10.0 Å². The van der Waals surface area contributed by atoms with Crippen molar-refractivity contribution in [3.8, 4) is 0 Å². The molecule has 20 heavy (non-hydrogen) atoms. The number of sulfonamides is 1. The zero-order valence-corrected chi connectivity index (χ0v) is 13.4. The summed E-state index contributed by atoms with van der Waals surface area (Å²) in [6, 6.07) is 3.31. The molecule has 0 atom stereocenters. The van der Waals surface area contributed by atoms with Gasteiger partial charge in [0.05, 0.1) is 11.5 Å². The summed E-state index contributed by atoms with van der Waals surface area (Å²) in [5.41, 5.74) is -0.489. The second-order valence-corrected chi connectivity index (χ2v) is 7.08. The highest BCUT2D eigenvalue weighted by Gasteiger charge is 2.33. The van der Waals surface area contributed by atoms with Gasteiger partial charge in [0.1, 0.15) is 0 Å². The SMILES string of the molecule is CC(C)N(CCO)S(=O)(=O)c1cc(Br)ccc1[N+](=O)[O-]. The van der Waals surface area contributed by atoms with E-state index in [0.29, 0.717) is 4.47 Å². The van der Waals surface area contributed by atoms with Crippen LogP contribution >= 0.6 is 15.9 Å². The zero-order chi connectivity index (χ0) is 15.5. The minimum absolute atomic E-state index is 0.121. The summed E-state index contributed by atoms with van der Waals surface area (Å²) in [6.45, 7) is 2.79. The largest absolute Gasteiger partial charge is 0.395 e. The van der Waals surface area contributed by atoms with E-state index < -0.39 is 26.7 Å². The van der Waals surface area contributed by atoms with Crippen LogP contribution in [0.15, 0.2) is 27.6 Å². The highest BCUT2D eigenvalue weighted by atomic mass is 79.9. The molecule has 1 aromatic rings. The van der Waals surface area contributed by atoms with Gasteiger partial charge >= 0.3 is 0 Å². The predicted molar refractivity (Wildman–Crippen MR) is 76.9 cm³/mol. The van der Waals surface area contributed by atoms with E-state index in [1.807, 2.05) is 0 Å². The molecule has 0 spiro atoms. The van der Waals surface area contributed by atoms with E-state index in [1.54, 1.807) is 13.8 Å². The van der Waals surface area contributed by atoms with Crippen LogP contribution in [0.1, 0.15) is 13.8 Å². The van der Waals surface area contributed by atoms with Gasteiger partial charge in [0.25, 0.3) is 5.69 Å². The first kappa shape index (κ1) is 17.0. The van der Waals surface area contributed by atoms with E-state index in [1.165, 1.54) is 12.1 Å². The molecule has 0 radical (unpaired) electrons. The molecule has 1 aromatic carbocycles. The molecule has 0 saturated carbocycles. The molecule has 1 rings (SSSR count). The van der Waals surface area contributed by atoms with Gasteiger partial charge in [0, 0.05) is 23.1 Å². The fourth-order valence-electron chi connectivity index (χ4n) is 1.73. The molecule has 7 nitrogen and oxygen atoms in total. The summed E-state index contributed by atoms with van der Waals surface area (Å²) in [4.78, 5) is 9.86. The molecule has 0 unspecified atom stereocenters. The number of hydrogen-bond donors (Lipinski definition) is 1. The van der Waals surface area contributed by atoms with Gasteiger partial charge in [-0.3, -0.25) is 10.1 Å². The summed E-state index contributed by atoms with van der Waals surface area (Å²) in [6.07, 6.45) is 0. The van der Waals surface area contributed by atoms with E-state index in [4.69, 9.17) is 5.11 Å². The van der Waals surface area contributed by atoms with Gasteiger partial charge in [0.2, 0.25) is 10.0 Å². The van der Waals surface area contributed by atoms with Crippen LogP contribution in [0.5, 0.6) is 0 Å². The minimum atomic E-state index is -4.06. The van der Waals surface area contributed by atoms with Crippen molar-refractivity contribution in [3.63, 3.8) is 0 Å². The van der Waals surface area contributed by atoms with Gasteiger partial charge in [-0.1, -0.05) is 15.9 Å². The Morgan fingerprint density at radius 2 is 2.05 bits per heavy atom. The molecule has 0 fully saturated rings.